The van der Waals surface area contributed by atoms with Crippen LogP contribution in [-0.4, -0.2) is 65.5 Å². The quantitative estimate of drug-likeness (QED) is 0.439. The number of carboxylic acid groups (broad SMARTS) is 1. The Morgan fingerprint density at radius 1 is 1.40 bits per heavy atom. The van der Waals surface area contributed by atoms with Gasteiger partial charge in [-0.3, -0.25) is 19.2 Å². The van der Waals surface area contributed by atoms with Gasteiger partial charge in [-0.1, -0.05) is 12.1 Å². The first-order chi connectivity index (χ1) is 14.3. The predicted molar refractivity (Wildman–Crippen MR) is 111 cm³/mol. The standard InChI is InChI=1S/C20H27N3O6S/c1-2-9-29-13-7-8-23(17(24)5-6-18(25)26)15(11-13)20(28)22-12-14(19(21)27)16-4-3-10-30-16/h2-4,10,13-15H,1,5-9,11-12H2,(H2,21,27)(H,22,28)(H,25,26). The lowest BCUT2D eigenvalue weighted by atomic mass is 9.97. The Hall–Kier alpha value is -2.72. The van der Waals surface area contributed by atoms with Crippen LogP contribution in [0.1, 0.15) is 36.5 Å². The predicted octanol–water partition coefficient (Wildman–Crippen LogP) is 0.860. The molecule has 0 radical (unpaired) electrons. The summed E-state index contributed by atoms with van der Waals surface area (Å²) >= 11 is 1.37. The summed E-state index contributed by atoms with van der Waals surface area (Å²) < 4.78 is 5.66. The van der Waals surface area contributed by atoms with Gasteiger partial charge in [0.15, 0.2) is 0 Å². The molecule has 1 fully saturated rings. The van der Waals surface area contributed by atoms with E-state index < -0.39 is 35.7 Å². The molecule has 1 aromatic rings. The summed E-state index contributed by atoms with van der Waals surface area (Å²) in [6, 6.07) is 2.75. The number of ether oxygens (including phenoxy) is 1. The fourth-order valence-corrected chi connectivity index (χ4v) is 4.18. The maximum atomic E-state index is 12.9. The van der Waals surface area contributed by atoms with E-state index in [1.54, 1.807) is 18.2 Å². The van der Waals surface area contributed by atoms with Crippen molar-refractivity contribution >= 4 is 35.0 Å². The van der Waals surface area contributed by atoms with Crippen molar-refractivity contribution in [3.8, 4) is 0 Å². The molecule has 164 valence electrons. The van der Waals surface area contributed by atoms with Crippen LogP contribution in [0.25, 0.3) is 0 Å². The van der Waals surface area contributed by atoms with Crippen molar-refractivity contribution in [2.45, 2.75) is 43.7 Å². The Balaban J connectivity index is 2.07. The third kappa shape index (κ3) is 6.67. The molecule has 0 spiro atoms. The molecule has 0 saturated carbocycles. The van der Waals surface area contributed by atoms with Gasteiger partial charge in [-0.15, -0.1) is 17.9 Å². The van der Waals surface area contributed by atoms with Crippen LogP contribution in [0.3, 0.4) is 0 Å². The van der Waals surface area contributed by atoms with Gasteiger partial charge in [-0.2, -0.15) is 0 Å². The van der Waals surface area contributed by atoms with Gasteiger partial charge in [0.2, 0.25) is 17.7 Å². The normalized spacial score (nSPS) is 19.7. The summed E-state index contributed by atoms with van der Waals surface area (Å²) in [7, 11) is 0. The molecule has 2 rings (SSSR count). The molecule has 3 atom stereocenters. The summed E-state index contributed by atoms with van der Waals surface area (Å²) in [5.74, 6) is -3.11. The van der Waals surface area contributed by atoms with Crippen LogP contribution in [0, 0.1) is 0 Å². The minimum atomic E-state index is -1.08. The first kappa shape index (κ1) is 23.6. The van der Waals surface area contributed by atoms with Gasteiger partial charge in [0.05, 0.1) is 25.0 Å². The van der Waals surface area contributed by atoms with E-state index in [4.69, 9.17) is 15.6 Å². The Morgan fingerprint density at radius 3 is 2.77 bits per heavy atom. The number of hydrogen-bond donors (Lipinski definition) is 3. The summed E-state index contributed by atoms with van der Waals surface area (Å²) in [5, 5.41) is 13.4. The minimum absolute atomic E-state index is 0.0144. The molecule has 9 nitrogen and oxygen atoms in total. The number of nitrogens with one attached hydrogen (secondary N) is 1. The third-order valence-corrected chi connectivity index (χ3v) is 5.88. The first-order valence-corrected chi connectivity index (χ1v) is 10.6. The molecule has 0 aliphatic carbocycles. The Morgan fingerprint density at radius 2 is 2.17 bits per heavy atom. The van der Waals surface area contributed by atoms with E-state index in [0.29, 0.717) is 13.0 Å². The fraction of sp³-hybridized carbons (Fsp3) is 0.500. The van der Waals surface area contributed by atoms with Gasteiger partial charge in [-0.25, -0.2) is 0 Å². The fourth-order valence-electron chi connectivity index (χ4n) is 3.34. The van der Waals surface area contributed by atoms with Crippen molar-refractivity contribution in [2.24, 2.45) is 5.73 Å². The van der Waals surface area contributed by atoms with Gasteiger partial charge in [0.25, 0.3) is 0 Å². The van der Waals surface area contributed by atoms with Crippen LogP contribution in [0.4, 0.5) is 0 Å². The topological polar surface area (TPSA) is 139 Å². The number of primary amides is 1. The molecule has 1 aliphatic heterocycles. The number of thiophene rings is 1. The van der Waals surface area contributed by atoms with Crippen molar-refractivity contribution in [3.63, 3.8) is 0 Å². The van der Waals surface area contributed by atoms with E-state index in [1.807, 2.05) is 5.38 Å². The number of piperidine rings is 1. The number of carbonyl (C=O) groups is 4. The molecule has 1 aliphatic rings. The number of nitrogens with two attached hydrogens (primary N) is 1. The zero-order valence-corrected chi connectivity index (χ0v) is 17.4. The maximum Gasteiger partial charge on any atom is 0.303 e. The second kappa shape index (κ2) is 11.5. The molecule has 0 aromatic carbocycles. The Kier molecular flexibility index (Phi) is 9.00. The van der Waals surface area contributed by atoms with Crippen LogP contribution in [0.5, 0.6) is 0 Å². The summed E-state index contributed by atoms with van der Waals surface area (Å²) in [6.07, 6.45) is 1.71. The summed E-state index contributed by atoms with van der Waals surface area (Å²) in [6.45, 7) is 4.23. The van der Waals surface area contributed by atoms with Crippen molar-refractivity contribution in [1.82, 2.24) is 10.2 Å². The molecule has 4 N–H and O–H groups in total. The van der Waals surface area contributed by atoms with E-state index in [-0.39, 0.29) is 38.5 Å². The number of rotatable bonds is 11. The molecule has 1 aromatic heterocycles. The highest BCUT2D eigenvalue weighted by Crippen LogP contribution is 2.23. The smallest absolute Gasteiger partial charge is 0.303 e. The molecule has 3 unspecified atom stereocenters. The first-order valence-electron chi connectivity index (χ1n) is 9.67. The van der Waals surface area contributed by atoms with Crippen molar-refractivity contribution in [3.05, 3.63) is 35.0 Å². The van der Waals surface area contributed by atoms with Crippen LogP contribution < -0.4 is 11.1 Å². The average Bonchev–Trinajstić information content (AvgIpc) is 3.24. The third-order valence-electron chi connectivity index (χ3n) is 4.89. The Labute approximate surface area is 178 Å². The van der Waals surface area contributed by atoms with E-state index in [9.17, 15) is 19.2 Å². The lowest BCUT2D eigenvalue weighted by molar-refractivity contribution is -0.147. The highest BCUT2D eigenvalue weighted by Gasteiger charge is 2.37. The zero-order valence-electron chi connectivity index (χ0n) is 16.6. The second-order valence-electron chi connectivity index (χ2n) is 6.98. The van der Waals surface area contributed by atoms with Crippen molar-refractivity contribution < 1.29 is 29.0 Å². The van der Waals surface area contributed by atoms with E-state index >= 15 is 0 Å². The number of carbonyl (C=O) groups excluding carboxylic acids is 3. The van der Waals surface area contributed by atoms with Crippen molar-refractivity contribution in [2.75, 3.05) is 19.7 Å². The van der Waals surface area contributed by atoms with Crippen LogP contribution in [0.15, 0.2) is 30.2 Å². The lowest BCUT2D eigenvalue weighted by Gasteiger charge is -2.38. The molecular formula is C20H27N3O6S. The van der Waals surface area contributed by atoms with E-state index in [0.717, 1.165) is 4.88 Å². The van der Waals surface area contributed by atoms with Gasteiger partial charge in [-0.05, 0) is 17.9 Å². The average molecular weight is 438 g/mol. The number of likely N-dealkylation sites (tertiary alicyclic amines) is 1. The number of carboxylic acids is 1. The Bertz CT molecular complexity index is 767. The lowest BCUT2D eigenvalue weighted by Crippen LogP contribution is -2.55. The van der Waals surface area contributed by atoms with Crippen LogP contribution in [0.2, 0.25) is 0 Å². The van der Waals surface area contributed by atoms with Gasteiger partial charge < -0.3 is 25.8 Å². The number of nitrogens with zero attached hydrogens (tertiary/aromatic N) is 1. The van der Waals surface area contributed by atoms with E-state index in [1.165, 1.54) is 16.2 Å². The molecule has 2 heterocycles. The zero-order chi connectivity index (χ0) is 22.1. The highest BCUT2D eigenvalue weighted by molar-refractivity contribution is 7.10. The van der Waals surface area contributed by atoms with Crippen LogP contribution in [-0.2, 0) is 23.9 Å². The van der Waals surface area contributed by atoms with Gasteiger partial charge >= 0.3 is 5.97 Å². The minimum Gasteiger partial charge on any atom is -0.481 e. The number of amides is 3. The molecule has 10 heteroatoms. The highest BCUT2D eigenvalue weighted by atomic mass is 32.1. The molecule has 30 heavy (non-hydrogen) atoms. The van der Waals surface area contributed by atoms with E-state index in [2.05, 4.69) is 11.9 Å². The summed E-state index contributed by atoms with van der Waals surface area (Å²) in [4.78, 5) is 50.2. The number of aliphatic carboxylic acids is 1. The molecular weight excluding hydrogens is 410 g/mol. The SMILES string of the molecule is C=CCOC1CCN(C(=O)CCC(=O)O)C(C(=O)NCC(C(N)=O)c2cccs2)C1. The molecule has 0 bridgehead atoms. The maximum absolute atomic E-state index is 12.9. The second-order valence-corrected chi connectivity index (χ2v) is 7.96. The molecule has 3 amide bonds. The van der Waals surface area contributed by atoms with Gasteiger partial charge in [0, 0.05) is 30.8 Å². The summed E-state index contributed by atoms with van der Waals surface area (Å²) in [5.41, 5.74) is 5.48. The van der Waals surface area contributed by atoms with Crippen LogP contribution >= 0.6 is 11.3 Å². The molecule has 1 saturated heterocycles. The largest absolute Gasteiger partial charge is 0.481 e. The van der Waals surface area contributed by atoms with Gasteiger partial charge in [0.1, 0.15) is 6.04 Å². The van der Waals surface area contributed by atoms with Crippen molar-refractivity contribution in [1.29, 1.82) is 0 Å². The monoisotopic (exact) mass is 437 g/mol. The number of hydrogen-bond acceptors (Lipinski definition) is 6.